The highest BCUT2D eigenvalue weighted by atomic mass is 35.5. The van der Waals surface area contributed by atoms with Gasteiger partial charge in [-0.2, -0.15) is 4.98 Å². The molecule has 0 bridgehead atoms. The molecule has 0 fully saturated rings. The summed E-state index contributed by atoms with van der Waals surface area (Å²) in [5.41, 5.74) is 4.00. The number of aromatic amines is 1. The lowest BCUT2D eigenvalue weighted by atomic mass is 10.1. The largest absolute Gasteiger partial charge is 0.341 e. The van der Waals surface area contributed by atoms with Crippen molar-refractivity contribution in [2.24, 2.45) is 0 Å². The zero-order chi connectivity index (χ0) is 13.2. The van der Waals surface area contributed by atoms with E-state index in [1.54, 1.807) is 18.1 Å². The Morgan fingerprint density at radius 1 is 1.26 bits per heavy atom. The Morgan fingerprint density at radius 3 is 2.95 bits per heavy atom. The van der Waals surface area contributed by atoms with Crippen LogP contribution in [0.2, 0.25) is 5.28 Å². The van der Waals surface area contributed by atoms with Gasteiger partial charge in [0.15, 0.2) is 5.65 Å². The van der Waals surface area contributed by atoms with Crippen LogP contribution in [-0.2, 0) is 5.75 Å². The fourth-order valence-corrected chi connectivity index (χ4v) is 3.08. The van der Waals surface area contributed by atoms with Gasteiger partial charge in [0.1, 0.15) is 10.5 Å². The first-order chi connectivity index (χ1) is 9.24. The fourth-order valence-electron chi connectivity index (χ4n) is 1.80. The van der Waals surface area contributed by atoms with E-state index in [2.05, 4.69) is 39.0 Å². The smallest absolute Gasteiger partial charge is 0.225 e. The highest BCUT2D eigenvalue weighted by molar-refractivity contribution is 7.98. The van der Waals surface area contributed by atoms with Gasteiger partial charge in [0.2, 0.25) is 5.28 Å². The van der Waals surface area contributed by atoms with Crippen molar-refractivity contribution in [2.45, 2.75) is 17.7 Å². The molecule has 0 aliphatic rings. The van der Waals surface area contributed by atoms with Crippen LogP contribution in [0.1, 0.15) is 11.1 Å². The van der Waals surface area contributed by atoms with Crippen molar-refractivity contribution in [1.29, 1.82) is 0 Å². The molecule has 1 aromatic carbocycles. The van der Waals surface area contributed by atoms with Gasteiger partial charge in [-0.05, 0) is 29.7 Å². The summed E-state index contributed by atoms with van der Waals surface area (Å²) in [7, 11) is 0. The summed E-state index contributed by atoms with van der Waals surface area (Å²) in [5, 5.41) is 1.06. The molecule has 6 heteroatoms. The van der Waals surface area contributed by atoms with Crippen LogP contribution >= 0.6 is 23.4 Å². The predicted molar refractivity (Wildman–Crippen MR) is 77.4 cm³/mol. The zero-order valence-electron chi connectivity index (χ0n) is 10.2. The van der Waals surface area contributed by atoms with Crippen LogP contribution in [0.15, 0.2) is 35.6 Å². The Labute approximate surface area is 119 Å². The second-order valence-electron chi connectivity index (χ2n) is 4.11. The first-order valence-electron chi connectivity index (χ1n) is 5.78. The van der Waals surface area contributed by atoms with Gasteiger partial charge in [0, 0.05) is 5.75 Å². The van der Waals surface area contributed by atoms with E-state index in [0.717, 1.165) is 16.3 Å². The van der Waals surface area contributed by atoms with E-state index in [4.69, 9.17) is 11.6 Å². The van der Waals surface area contributed by atoms with Gasteiger partial charge in [-0.1, -0.05) is 36.0 Å². The van der Waals surface area contributed by atoms with Crippen molar-refractivity contribution in [1.82, 2.24) is 19.9 Å². The number of aromatic nitrogens is 4. The lowest BCUT2D eigenvalue weighted by Gasteiger charge is -2.05. The van der Waals surface area contributed by atoms with Crippen LogP contribution < -0.4 is 0 Å². The number of H-pyrrole nitrogens is 1. The minimum Gasteiger partial charge on any atom is -0.341 e. The van der Waals surface area contributed by atoms with Gasteiger partial charge in [-0.15, -0.1) is 0 Å². The number of benzene rings is 1. The number of hydrogen-bond acceptors (Lipinski definition) is 4. The van der Waals surface area contributed by atoms with Crippen molar-refractivity contribution >= 4 is 34.5 Å². The maximum atomic E-state index is 5.90. The molecule has 0 unspecified atom stereocenters. The second-order valence-corrected chi connectivity index (χ2v) is 5.42. The molecule has 96 valence electrons. The Hall–Kier alpha value is -1.59. The third-order valence-corrected chi connectivity index (χ3v) is 4.04. The number of nitrogens with one attached hydrogen (secondary N) is 1. The van der Waals surface area contributed by atoms with E-state index in [1.807, 2.05) is 12.1 Å². The van der Waals surface area contributed by atoms with Gasteiger partial charge in [0.25, 0.3) is 0 Å². The van der Waals surface area contributed by atoms with Crippen LogP contribution in [0.4, 0.5) is 0 Å². The monoisotopic (exact) mass is 290 g/mol. The molecular weight excluding hydrogens is 280 g/mol. The van der Waals surface area contributed by atoms with Crippen LogP contribution in [-0.4, -0.2) is 19.9 Å². The summed E-state index contributed by atoms with van der Waals surface area (Å²) in [5.74, 6) is 0.841. The number of rotatable bonds is 3. The molecule has 19 heavy (non-hydrogen) atoms. The highest BCUT2D eigenvalue weighted by Gasteiger charge is 2.10. The minimum absolute atomic E-state index is 0.229. The molecule has 0 atom stereocenters. The summed E-state index contributed by atoms with van der Waals surface area (Å²) in [6.45, 7) is 2.11. The summed E-state index contributed by atoms with van der Waals surface area (Å²) in [6, 6.07) is 8.31. The molecule has 1 N–H and O–H groups in total. The van der Waals surface area contributed by atoms with Gasteiger partial charge < -0.3 is 4.98 Å². The number of hydrogen-bond donors (Lipinski definition) is 1. The van der Waals surface area contributed by atoms with Crippen molar-refractivity contribution in [3.8, 4) is 0 Å². The van der Waals surface area contributed by atoms with E-state index in [-0.39, 0.29) is 5.28 Å². The number of nitrogens with zero attached hydrogens (tertiary/aromatic N) is 3. The quantitative estimate of drug-likeness (QED) is 0.455. The Bertz CT molecular complexity index is 725. The standard InChI is InChI=1S/C13H11ClN4S/c1-8-4-2-3-5-9(8)6-19-12-10-11(16-7-15-10)17-13(14)18-12/h2-5,7H,6H2,1H3,(H,15,16,17,18). The predicted octanol–water partition coefficient (Wildman–Crippen LogP) is 3.61. The second kappa shape index (κ2) is 5.19. The maximum Gasteiger partial charge on any atom is 0.225 e. The Morgan fingerprint density at radius 2 is 2.11 bits per heavy atom. The van der Waals surface area contributed by atoms with Gasteiger partial charge >= 0.3 is 0 Å². The normalized spacial score (nSPS) is 11.1. The molecular formula is C13H11ClN4S. The molecule has 2 heterocycles. The van der Waals surface area contributed by atoms with Crippen molar-refractivity contribution in [2.75, 3.05) is 0 Å². The molecule has 3 rings (SSSR count). The van der Waals surface area contributed by atoms with Crippen LogP contribution in [0.3, 0.4) is 0 Å². The van der Waals surface area contributed by atoms with E-state index in [1.165, 1.54) is 11.1 Å². The summed E-state index contributed by atoms with van der Waals surface area (Å²) in [6.07, 6.45) is 1.60. The average Bonchev–Trinajstić information content (AvgIpc) is 2.85. The lowest BCUT2D eigenvalue weighted by molar-refractivity contribution is 1.08. The van der Waals surface area contributed by atoms with E-state index in [0.29, 0.717) is 5.65 Å². The number of fused-ring (bicyclic) bond motifs is 1. The molecule has 0 spiro atoms. The average molecular weight is 291 g/mol. The highest BCUT2D eigenvalue weighted by Crippen LogP contribution is 2.28. The molecule has 0 aliphatic heterocycles. The SMILES string of the molecule is Cc1ccccc1CSc1nc(Cl)nc2nc[nH]c12. The molecule has 2 aromatic heterocycles. The number of thioether (sulfide) groups is 1. The summed E-state index contributed by atoms with van der Waals surface area (Å²) in [4.78, 5) is 15.5. The van der Waals surface area contributed by atoms with Crippen molar-refractivity contribution < 1.29 is 0 Å². The van der Waals surface area contributed by atoms with Crippen molar-refractivity contribution in [3.63, 3.8) is 0 Å². The van der Waals surface area contributed by atoms with Crippen LogP contribution in [0, 0.1) is 6.92 Å². The zero-order valence-corrected chi connectivity index (χ0v) is 11.8. The first kappa shape index (κ1) is 12.4. The summed E-state index contributed by atoms with van der Waals surface area (Å²) >= 11 is 7.53. The maximum absolute atomic E-state index is 5.90. The Kier molecular flexibility index (Phi) is 3.40. The number of aryl methyl sites for hydroxylation is 1. The Balaban J connectivity index is 1.90. The molecule has 0 aliphatic carbocycles. The van der Waals surface area contributed by atoms with Gasteiger partial charge in [-0.3, -0.25) is 0 Å². The van der Waals surface area contributed by atoms with Crippen LogP contribution in [0.5, 0.6) is 0 Å². The van der Waals surface area contributed by atoms with E-state index in [9.17, 15) is 0 Å². The summed E-state index contributed by atoms with van der Waals surface area (Å²) < 4.78 is 0. The molecule has 0 saturated carbocycles. The third kappa shape index (κ3) is 2.57. The van der Waals surface area contributed by atoms with Gasteiger partial charge in [0.05, 0.1) is 6.33 Å². The van der Waals surface area contributed by atoms with Gasteiger partial charge in [-0.25, -0.2) is 9.97 Å². The van der Waals surface area contributed by atoms with Crippen molar-refractivity contribution in [3.05, 3.63) is 47.0 Å². The minimum atomic E-state index is 0.229. The number of halogens is 1. The molecule has 0 radical (unpaired) electrons. The lowest BCUT2D eigenvalue weighted by Crippen LogP contribution is -1.91. The fraction of sp³-hybridized carbons (Fsp3) is 0.154. The van der Waals surface area contributed by atoms with E-state index < -0.39 is 0 Å². The first-order valence-corrected chi connectivity index (χ1v) is 7.14. The topological polar surface area (TPSA) is 54.5 Å². The number of imidazole rings is 1. The molecule has 0 saturated heterocycles. The molecule has 3 aromatic rings. The molecule has 0 amide bonds. The van der Waals surface area contributed by atoms with E-state index >= 15 is 0 Å². The third-order valence-electron chi connectivity index (χ3n) is 2.85. The van der Waals surface area contributed by atoms with Crippen LogP contribution in [0.25, 0.3) is 11.2 Å². The molecule has 4 nitrogen and oxygen atoms in total.